The number of nitrogens with zero attached hydrogens (tertiary/aromatic N) is 3. The van der Waals surface area contributed by atoms with Gasteiger partial charge in [0.05, 0.1) is 17.1 Å². The summed E-state index contributed by atoms with van der Waals surface area (Å²) < 4.78 is 46.0. The van der Waals surface area contributed by atoms with Crippen molar-refractivity contribution in [3.63, 3.8) is 0 Å². The lowest BCUT2D eigenvalue weighted by Crippen LogP contribution is -2.26. The third kappa shape index (κ3) is 3.39. The molecule has 1 aliphatic heterocycles. The molecule has 1 aromatic carbocycles. The fourth-order valence-corrected chi connectivity index (χ4v) is 4.32. The summed E-state index contributed by atoms with van der Waals surface area (Å²) in [7, 11) is -3.73. The van der Waals surface area contributed by atoms with E-state index in [4.69, 9.17) is 4.74 Å². The highest BCUT2D eigenvalue weighted by Crippen LogP contribution is 2.35. The first-order valence-electron chi connectivity index (χ1n) is 7.52. The average Bonchev–Trinajstić information content (AvgIpc) is 2.79. The van der Waals surface area contributed by atoms with E-state index in [1.165, 1.54) is 18.5 Å². The van der Waals surface area contributed by atoms with Gasteiger partial charge in [0.1, 0.15) is 11.6 Å². The van der Waals surface area contributed by atoms with Crippen molar-refractivity contribution in [2.24, 2.45) is 0 Å². The minimum absolute atomic E-state index is 0.0484. The number of allylic oxidation sites excluding steroid dienone is 2. The molecule has 3 rings (SSSR count). The first kappa shape index (κ1) is 17.1. The van der Waals surface area contributed by atoms with Crippen molar-refractivity contribution < 1.29 is 17.5 Å². The van der Waals surface area contributed by atoms with E-state index in [1.807, 2.05) is 0 Å². The zero-order chi connectivity index (χ0) is 18.0. The number of halogens is 1. The lowest BCUT2D eigenvalue weighted by molar-refractivity contribution is 0.438. The van der Waals surface area contributed by atoms with Crippen molar-refractivity contribution in [2.45, 2.75) is 13.8 Å². The zero-order valence-electron chi connectivity index (χ0n) is 13.7. The van der Waals surface area contributed by atoms with Crippen molar-refractivity contribution in [1.29, 1.82) is 0 Å². The van der Waals surface area contributed by atoms with Gasteiger partial charge in [-0.1, -0.05) is 6.08 Å². The molecular weight excluding hydrogens is 345 g/mol. The van der Waals surface area contributed by atoms with Gasteiger partial charge in [-0.3, -0.25) is 4.31 Å². The van der Waals surface area contributed by atoms with Gasteiger partial charge in [-0.05, 0) is 37.6 Å². The number of ether oxygens (including phenoxy) is 1. The van der Waals surface area contributed by atoms with Gasteiger partial charge in [0.15, 0.2) is 0 Å². The molecule has 6 nitrogen and oxygen atoms in total. The van der Waals surface area contributed by atoms with Gasteiger partial charge in [0, 0.05) is 24.5 Å². The van der Waals surface area contributed by atoms with E-state index in [9.17, 15) is 12.8 Å². The van der Waals surface area contributed by atoms with Crippen molar-refractivity contribution in [3.8, 4) is 11.8 Å². The van der Waals surface area contributed by atoms with Gasteiger partial charge in [-0.25, -0.2) is 22.8 Å². The number of sulfonamides is 1. The molecule has 0 unspecified atom stereocenters. The molecule has 0 N–H and O–H groups in total. The van der Waals surface area contributed by atoms with Gasteiger partial charge in [-0.2, -0.15) is 0 Å². The highest BCUT2D eigenvalue weighted by Gasteiger charge is 2.34. The number of anilines is 1. The van der Waals surface area contributed by atoms with Gasteiger partial charge in [-0.15, -0.1) is 0 Å². The molecule has 0 saturated carbocycles. The Morgan fingerprint density at radius 1 is 1.24 bits per heavy atom. The maximum absolute atomic E-state index is 14.0. The molecule has 0 fully saturated rings. The topological polar surface area (TPSA) is 72.4 Å². The molecule has 1 aliphatic rings. The maximum atomic E-state index is 14.0. The Hall–Kier alpha value is -2.74. The largest absolute Gasteiger partial charge is 0.424 e. The molecule has 0 aliphatic carbocycles. The van der Waals surface area contributed by atoms with Gasteiger partial charge >= 0.3 is 6.01 Å². The normalized spacial score (nSPS) is 16.7. The van der Waals surface area contributed by atoms with Gasteiger partial charge in [0.25, 0.3) is 10.0 Å². The Morgan fingerprint density at radius 3 is 2.64 bits per heavy atom. The second-order valence-electron chi connectivity index (χ2n) is 5.43. The van der Waals surface area contributed by atoms with E-state index in [0.717, 1.165) is 16.4 Å². The van der Waals surface area contributed by atoms with E-state index in [-0.39, 0.29) is 28.9 Å². The van der Waals surface area contributed by atoms with Gasteiger partial charge < -0.3 is 4.74 Å². The van der Waals surface area contributed by atoms with Crippen LogP contribution in [0.5, 0.6) is 11.8 Å². The van der Waals surface area contributed by atoms with E-state index < -0.39 is 15.8 Å². The third-order valence-corrected chi connectivity index (χ3v) is 5.54. The summed E-state index contributed by atoms with van der Waals surface area (Å²) in [5.41, 5.74) is 0.876. The Morgan fingerprint density at radius 2 is 1.96 bits per heavy atom. The number of benzene rings is 1. The van der Waals surface area contributed by atoms with Crippen LogP contribution in [-0.2, 0) is 10.0 Å². The lowest BCUT2D eigenvalue weighted by Gasteiger charge is -2.19. The van der Waals surface area contributed by atoms with Crippen LogP contribution in [-0.4, -0.2) is 24.9 Å². The molecule has 0 saturated heterocycles. The Kier molecular flexibility index (Phi) is 4.54. The third-order valence-electron chi connectivity index (χ3n) is 3.58. The maximum Gasteiger partial charge on any atom is 0.321 e. The van der Waals surface area contributed by atoms with Crippen LogP contribution >= 0.6 is 0 Å². The predicted octanol–water partition coefficient (Wildman–Crippen LogP) is 3.41. The van der Waals surface area contributed by atoms with E-state index in [0.29, 0.717) is 5.57 Å². The van der Waals surface area contributed by atoms with Crippen LogP contribution in [0.15, 0.2) is 59.3 Å². The van der Waals surface area contributed by atoms with Crippen molar-refractivity contribution in [2.75, 3.05) is 10.8 Å². The summed E-state index contributed by atoms with van der Waals surface area (Å²) in [4.78, 5) is 8.04. The fraction of sp³-hybridized carbons (Fsp3) is 0.176. The van der Waals surface area contributed by atoms with Crippen molar-refractivity contribution >= 4 is 15.7 Å². The van der Waals surface area contributed by atoms with Crippen LogP contribution in [0, 0.1) is 5.82 Å². The molecule has 130 valence electrons. The van der Waals surface area contributed by atoms with E-state index >= 15 is 0 Å². The zero-order valence-corrected chi connectivity index (χ0v) is 14.5. The number of rotatable bonds is 4. The molecule has 2 heterocycles. The van der Waals surface area contributed by atoms with Crippen LogP contribution in [0.25, 0.3) is 0 Å². The Balaban J connectivity index is 1.97. The minimum atomic E-state index is -3.73. The second-order valence-corrected chi connectivity index (χ2v) is 7.27. The monoisotopic (exact) mass is 361 g/mol. The Labute approximate surface area is 145 Å². The first-order chi connectivity index (χ1) is 11.9. The molecule has 0 atom stereocenters. The molecule has 1 aromatic heterocycles. The van der Waals surface area contributed by atoms with Gasteiger partial charge in [0.2, 0.25) is 0 Å². The van der Waals surface area contributed by atoms with Crippen molar-refractivity contribution in [1.82, 2.24) is 9.97 Å². The fourth-order valence-electron chi connectivity index (χ4n) is 2.52. The predicted molar refractivity (Wildman–Crippen MR) is 92.3 cm³/mol. The lowest BCUT2D eigenvalue weighted by atomic mass is 10.2. The molecule has 2 aromatic rings. The summed E-state index contributed by atoms with van der Waals surface area (Å²) in [6.07, 6.45) is 6.18. The standard InChI is InChI=1S/C17H16FN3O3S/c1-3-5-16-12(2)11-21(25(16,22)23)14-8-13(18)9-15(10-14)24-17-19-6-4-7-20-17/h3-10H,11H2,1-2H3. The summed E-state index contributed by atoms with van der Waals surface area (Å²) in [6, 6.07) is 5.42. The molecule has 0 amide bonds. The number of hydrogen-bond donors (Lipinski definition) is 0. The summed E-state index contributed by atoms with van der Waals surface area (Å²) in [6.45, 7) is 3.64. The average molecular weight is 361 g/mol. The molecule has 0 spiro atoms. The number of aromatic nitrogens is 2. The molecular formula is C17H16FN3O3S. The van der Waals surface area contributed by atoms with Crippen LogP contribution in [0.2, 0.25) is 0 Å². The highest BCUT2D eigenvalue weighted by molar-refractivity contribution is 7.97. The summed E-state index contributed by atoms with van der Waals surface area (Å²) in [5, 5.41) is 0. The van der Waals surface area contributed by atoms with Crippen LogP contribution < -0.4 is 9.04 Å². The van der Waals surface area contributed by atoms with Crippen molar-refractivity contribution in [3.05, 3.63) is 65.1 Å². The Bertz CT molecular complexity index is 956. The first-order valence-corrected chi connectivity index (χ1v) is 8.96. The molecule has 0 bridgehead atoms. The van der Waals surface area contributed by atoms with Crippen LogP contribution in [0.3, 0.4) is 0 Å². The van der Waals surface area contributed by atoms with Crippen LogP contribution in [0.4, 0.5) is 10.1 Å². The van der Waals surface area contributed by atoms with Crippen LogP contribution in [0.1, 0.15) is 13.8 Å². The quantitative estimate of drug-likeness (QED) is 0.834. The second kappa shape index (κ2) is 6.64. The smallest absolute Gasteiger partial charge is 0.321 e. The summed E-state index contributed by atoms with van der Waals surface area (Å²) in [5.74, 6) is -0.496. The SMILES string of the molecule is CC=CC1=C(C)CN(c2cc(F)cc(Oc3ncccn3)c2)S1(=O)=O. The molecule has 8 heteroatoms. The molecule has 25 heavy (non-hydrogen) atoms. The van der Waals surface area contributed by atoms with E-state index in [2.05, 4.69) is 9.97 Å². The minimum Gasteiger partial charge on any atom is -0.424 e. The summed E-state index contributed by atoms with van der Waals surface area (Å²) >= 11 is 0. The highest BCUT2D eigenvalue weighted by atomic mass is 32.2. The van der Waals surface area contributed by atoms with E-state index in [1.54, 1.807) is 32.1 Å². The molecule has 0 radical (unpaired) electrons. The number of hydrogen-bond acceptors (Lipinski definition) is 5.